The van der Waals surface area contributed by atoms with E-state index in [1.165, 1.54) is 28.7 Å². The van der Waals surface area contributed by atoms with Crippen LogP contribution in [0.4, 0.5) is 10.8 Å². The molecule has 0 saturated carbocycles. The van der Waals surface area contributed by atoms with Crippen LogP contribution in [0.2, 0.25) is 0 Å². The molecule has 0 N–H and O–H groups in total. The maximum Gasteiger partial charge on any atom is 0.277 e. The van der Waals surface area contributed by atoms with E-state index in [-0.39, 0.29) is 12.7 Å². The Hall–Kier alpha value is -3.37. The molecule has 168 valence electrons. The fourth-order valence-corrected chi connectivity index (χ4v) is 4.95. The van der Waals surface area contributed by atoms with Gasteiger partial charge in [0.2, 0.25) is 18.6 Å². The number of carbonyl (C=O) groups excluding carboxylic acids is 1. The number of hydrogen-bond donors (Lipinski definition) is 0. The van der Waals surface area contributed by atoms with Crippen LogP contribution in [0.15, 0.2) is 51.4 Å². The summed E-state index contributed by atoms with van der Waals surface area (Å²) in [5.74, 6) is 2.23. The molecule has 0 bridgehead atoms. The summed E-state index contributed by atoms with van der Waals surface area (Å²) in [6.07, 6.45) is 0. The molecular weight excluding hydrogens is 460 g/mol. The highest BCUT2D eigenvalue weighted by Gasteiger charge is 2.20. The van der Waals surface area contributed by atoms with E-state index < -0.39 is 0 Å². The quantitative estimate of drug-likeness (QED) is 0.334. The van der Waals surface area contributed by atoms with Gasteiger partial charge in [-0.1, -0.05) is 17.8 Å². The summed E-state index contributed by atoms with van der Waals surface area (Å²) in [5.41, 5.74) is 4.71. The van der Waals surface area contributed by atoms with Crippen molar-refractivity contribution in [3.63, 3.8) is 0 Å². The maximum absolute atomic E-state index is 12.4. The lowest BCUT2D eigenvalue weighted by molar-refractivity contribution is -0.115. The molecule has 0 atom stereocenters. The first-order valence-electron chi connectivity index (χ1n) is 10.2. The molecule has 1 aliphatic rings. The minimum Gasteiger partial charge on any atom is -0.454 e. The van der Waals surface area contributed by atoms with Gasteiger partial charge in [0.05, 0.1) is 11.4 Å². The number of nitrogens with zero attached hydrogens (tertiary/aromatic N) is 4. The van der Waals surface area contributed by atoms with Crippen molar-refractivity contribution < 1.29 is 18.7 Å². The number of amides is 1. The van der Waals surface area contributed by atoms with Crippen molar-refractivity contribution in [1.82, 2.24) is 15.2 Å². The second-order valence-corrected chi connectivity index (χ2v) is 9.24. The Kier molecular flexibility index (Phi) is 5.77. The molecule has 8 nitrogen and oxygen atoms in total. The average molecular weight is 481 g/mol. The van der Waals surface area contributed by atoms with Gasteiger partial charge < -0.3 is 13.9 Å². The van der Waals surface area contributed by atoms with Gasteiger partial charge in [-0.05, 0) is 55.3 Å². The van der Waals surface area contributed by atoms with Gasteiger partial charge in [-0.3, -0.25) is 9.69 Å². The lowest BCUT2D eigenvalue weighted by Crippen LogP contribution is -2.22. The van der Waals surface area contributed by atoms with Gasteiger partial charge in [0.15, 0.2) is 16.6 Å². The lowest BCUT2D eigenvalue weighted by atomic mass is 10.1. The van der Waals surface area contributed by atoms with Gasteiger partial charge in [0.25, 0.3) is 5.22 Å². The number of fused-ring (bicyclic) bond motifs is 1. The molecular formula is C23H20N4O4S2. The van der Waals surface area contributed by atoms with Gasteiger partial charge in [-0.15, -0.1) is 21.5 Å². The lowest BCUT2D eigenvalue weighted by Gasteiger charge is -2.19. The molecule has 3 heterocycles. The SMILES string of the molecule is CC(=O)N(c1ccc(C)c(C)c1)c1nc(CSc2nnc(-c3ccc4c(c3)OCO4)o2)cs1. The number of thioether (sulfide) groups is 1. The van der Waals surface area contributed by atoms with Crippen LogP contribution in [0.3, 0.4) is 0 Å². The Balaban J connectivity index is 1.28. The molecule has 1 amide bonds. The number of carbonyl (C=O) groups is 1. The van der Waals surface area contributed by atoms with Crippen LogP contribution < -0.4 is 14.4 Å². The third-order valence-corrected chi connectivity index (χ3v) is 6.89. The van der Waals surface area contributed by atoms with Gasteiger partial charge >= 0.3 is 0 Å². The summed E-state index contributed by atoms with van der Waals surface area (Å²) in [5, 5.41) is 11.3. The summed E-state index contributed by atoms with van der Waals surface area (Å²) < 4.78 is 16.5. The predicted octanol–water partition coefficient (Wildman–Crippen LogP) is 5.52. The number of aromatic nitrogens is 3. The van der Waals surface area contributed by atoms with Crippen molar-refractivity contribution in [3.8, 4) is 23.0 Å². The smallest absolute Gasteiger partial charge is 0.277 e. The third kappa shape index (κ3) is 4.44. The van der Waals surface area contributed by atoms with E-state index >= 15 is 0 Å². The highest BCUT2D eigenvalue weighted by Crippen LogP contribution is 2.36. The molecule has 0 spiro atoms. The number of ether oxygens (including phenoxy) is 2. The largest absolute Gasteiger partial charge is 0.454 e. The van der Waals surface area contributed by atoms with E-state index in [1.54, 1.807) is 11.8 Å². The summed E-state index contributed by atoms with van der Waals surface area (Å²) in [6, 6.07) is 11.4. The van der Waals surface area contributed by atoms with Crippen LogP contribution in [-0.4, -0.2) is 27.9 Å². The first kappa shape index (κ1) is 21.5. The van der Waals surface area contributed by atoms with Crippen LogP contribution in [0, 0.1) is 13.8 Å². The maximum atomic E-state index is 12.4. The molecule has 33 heavy (non-hydrogen) atoms. The van der Waals surface area contributed by atoms with E-state index in [4.69, 9.17) is 13.9 Å². The van der Waals surface area contributed by atoms with Gasteiger partial charge in [0.1, 0.15) is 0 Å². The number of benzene rings is 2. The van der Waals surface area contributed by atoms with Crippen LogP contribution in [0.25, 0.3) is 11.5 Å². The van der Waals surface area contributed by atoms with E-state index in [0.29, 0.717) is 33.5 Å². The van der Waals surface area contributed by atoms with Gasteiger partial charge in [0, 0.05) is 23.6 Å². The number of anilines is 2. The summed E-state index contributed by atoms with van der Waals surface area (Å²) in [7, 11) is 0. The molecule has 10 heteroatoms. The fourth-order valence-electron chi connectivity index (χ4n) is 3.31. The minimum absolute atomic E-state index is 0.0860. The molecule has 0 aliphatic carbocycles. The van der Waals surface area contributed by atoms with Gasteiger partial charge in [-0.2, -0.15) is 0 Å². The highest BCUT2D eigenvalue weighted by atomic mass is 32.2. The Labute approximate surface area is 198 Å². The Bertz CT molecular complexity index is 1330. The predicted molar refractivity (Wildman–Crippen MR) is 126 cm³/mol. The first-order chi connectivity index (χ1) is 16.0. The Morgan fingerprint density at radius 3 is 2.76 bits per heavy atom. The van der Waals surface area contributed by atoms with Gasteiger partial charge in [-0.25, -0.2) is 4.98 Å². The van der Waals surface area contributed by atoms with Crippen molar-refractivity contribution in [3.05, 3.63) is 58.6 Å². The Morgan fingerprint density at radius 2 is 1.94 bits per heavy atom. The fraction of sp³-hybridized carbons (Fsp3) is 0.217. The Morgan fingerprint density at radius 1 is 1.09 bits per heavy atom. The summed E-state index contributed by atoms with van der Waals surface area (Å²) >= 11 is 2.82. The standard InChI is InChI=1S/C23H20N4O4S2/c1-13-4-6-18(8-14(13)2)27(15(3)28)22-24-17(10-32-22)11-33-23-26-25-21(31-23)16-5-7-19-20(9-16)30-12-29-19/h4-10H,11-12H2,1-3H3. The van der Waals surface area contributed by atoms with E-state index in [2.05, 4.69) is 15.2 Å². The van der Waals surface area contributed by atoms with Crippen LogP contribution in [0.5, 0.6) is 11.5 Å². The second-order valence-electron chi connectivity index (χ2n) is 7.47. The monoisotopic (exact) mass is 480 g/mol. The van der Waals surface area contributed by atoms with Crippen molar-refractivity contribution >= 4 is 39.8 Å². The second kappa shape index (κ2) is 8.87. The molecule has 0 unspecified atom stereocenters. The number of thiazole rings is 1. The molecule has 2 aromatic carbocycles. The summed E-state index contributed by atoms with van der Waals surface area (Å²) in [4.78, 5) is 18.7. The summed E-state index contributed by atoms with van der Waals surface area (Å²) in [6.45, 7) is 5.83. The molecule has 5 rings (SSSR count). The average Bonchev–Trinajstić information content (AvgIpc) is 3.55. The molecule has 0 radical (unpaired) electrons. The molecule has 4 aromatic rings. The first-order valence-corrected chi connectivity index (χ1v) is 12.0. The van der Waals surface area contributed by atoms with Crippen LogP contribution >= 0.6 is 23.1 Å². The zero-order valence-corrected chi connectivity index (χ0v) is 19.8. The number of rotatable bonds is 6. The topological polar surface area (TPSA) is 90.6 Å². The zero-order chi connectivity index (χ0) is 22.9. The number of hydrogen-bond acceptors (Lipinski definition) is 9. The van der Waals surface area contributed by atoms with E-state index in [1.807, 2.05) is 55.6 Å². The van der Waals surface area contributed by atoms with Crippen molar-refractivity contribution in [2.45, 2.75) is 31.7 Å². The third-order valence-electron chi connectivity index (χ3n) is 5.16. The van der Waals surface area contributed by atoms with E-state index in [0.717, 1.165) is 22.5 Å². The molecule has 1 aliphatic heterocycles. The molecule has 0 saturated heterocycles. The van der Waals surface area contributed by atoms with Crippen LogP contribution in [-0.2, 0) is 10.5 Å². The zero-order valence-electron chi connectivity index (χ0n) is 18.2. The minimum atomic E-state index is -0.0860. The normalized spacial score (nSPS) is 12.2. The molecule has 0 fully saturated rings. The van der Waals surface area contributed by atoms with Crippen molar-refractivity contribution in [1.29, 1.82) is 0 Å². The van der Waals surface area contributed by atoms with E-state index in [9.17, 15) is 4.79 Å². The highest BCUT2D eigenvalue weighted by molar-refractivity contribution is 7.98. The number of aryl methyl sites for hydroxylation is 2. The van der Waals surface area contributed by atoms with Crippen molar-refractivity contribution in [2.75, 3.05) is 11.7 Å². The molecule has 2 aromatic heterocycles. The van der Waals surface area contributed by atoms with Crippen molar-refractivity contribution in [2.24, 2.45) is 0 Å². The van der Waals surface area contributed by atoms with Crippen LogP contribution in [0.1, 0.15) is 23.7 Å².